The van der Waals surface area contributed by atoms with E-state index >= 15 is 0 Å². The van der Waals surface area contributed by atoms with Crippen molar-refractivity contribution in [1.29, 1.82) is 0 Å². The van der Waals surface area contributed by atoms with Gasteiger partial charge in [-0.05, 0) is 48.9 Å². The van der Waals surface area contributed by atoms with Crippen LogP contribution >= 0.6 is 11.6 Å². The van der Waals surface area contributed by atoms with Crippen LogP contribution in [0.5, 0.6) is 5.75 Å². The molecule has 4 aromatic rings. The molecule has 0 atom stereocenters. The number of nitrogens with one attached hydrogen (secondary N) is 1. The Kier molecular flexibility index (Phi) is 4.51. The summed E-state index contributed by atoms with van der Waals surface area (Å²) < 4.78 is 7.15. The summed E-state index contributed by atoms with van der Waals surface area (Å²) in [5.41, 5.74) is 5.67. The first-order valence-corrected chi connectivity index (χ1v) is 10.2. The quantitative estimate of drug-likeness (QED) is 0.530. The number of benzene rings is 2. The molecule has 30 heavy (non-hydrogen) atoms. The highest BCUT2D eigenvalue weighted by atomic mass is 35.5. The summed E-state index contributed by atoms with van der Waals surface area (Å²) in [7, 11) is 1.63. The minimum Gasteiger partial charge on any atom is -0.494 e. The fourth-order valence-electron chi connectivity index (χ4n) is 4.07. The number of nitrogens with zero attached hydrogens (tertiary/aromatic N) is 3. The van der Waals surface area contributed by atoms with E-state index in [1.54, 1.807) is 24.1 Å². The van der Waals surface area contributed by atoms with E-state index in [-0.39, 0.29) is 5.91 Å². The van der Waals surface area contributed by atoms with E-state index in [9.17, 15) is 4.79 Å². The van der Waals surface area contributed by atoms with Gasteiger partial charge in [-0.3, -0.25) is 4.79 Å². The van der Waals surface area contributed by atoms with Crippen LogP contribution in [0.15, 0.2) is 48.7 Å². The molecule has 0 fully saturated rings. The first-order chi connectivity index (χ1) is 14.5. The van der Waals surface area contributed by atoms with Gasteiger partial charge in [-0.15, -0.1) is 0 Å². The highest BCUT2D eigenvalue weighted by molar-refractivity contribution is 6.31. The van der Waals surface area contributed by atoms with Gasteiger partial charge in [0.1, 0.15) is 11.4 Å². The zero-order valence-corrected chi connectivity index (χ0v) is 17.5. The third kappa shape index (κ3) is 3.13. The van der Waals surface area contributed by atoms with Crippen molar-refractivity contribution in [1.82, 2.24) is 19.7 Å². The molecule has 0 unspecified atom stereocenters. The predicted octanol–water partition coefficient (Wildman–Crippen LogP) is 4.52. The summed E-state index contributed by atoms with van der Waals surface area (Å²) in [5.74, 6) is 0.628. The lowest BCUT2D eigenvalue weighted by Crippen LogP contribution is -2.36. The molecule has 2 aromatic heterocycles. The van der Waals surface area contributed by atoms with E-state index in [1.807, 2.05) is 48.2 Å². The van der Waals surface area contributed by atoms with Gasteiger partial charge in [-0.2, -0.15) is 5.10 Å². The van der Waals surface area contributed by atoms with Crippen molar-refractivity contribution in [2.24, 2.45) is 0 Å². The Hall–Kier alpha value is -3.25. The number of H-pyrrole nitrogens is 1. The second-order valence-corrected chi connectivity index (χ2v) is 8.01. The molecule has 0 saturated heterocycles. The summed E-state index contributed by atoms with van der Waals surface area (Å²) in [6, 6.07) is 13.5. The molecule has 1 amide bonds. The Morgan fingerprint density at radius 3 is 2.90 bits per heavy atom. The van der Waals surface area contributed by atoms with Crippen LogP contribution in [-0.4, -0.2) is 39.2 Å². The van der Waals surface area contributed by atoms with E-state index in [0.29, 0.717) is 29.6 Å². The molecule has 6 nitrogen and oxygen atoms in total. The van der Waals surface area contributed by atoms with Gasteiger partial charge in [0.2, 0.25) is 0 Å². The highest BCUT2D eigenvalue weighted by Gasteiger charge is 2.26. The monoisotopic (exact) mass is 420 g/mol. The van der Waals surface area contributed by atoms with E-state index in [1.165, 1.54) is 5.69 Å². The number of ether oxygens (including phenoxy) is 1. The van der Waals surface area contributed by atoms with Gasteiger partial charge >= 0.3 is 0 Å². The Labute approximate surface area is 179 Å². The number of hydrogen-bond donors (Lipinski definition) is 1. The fourth-order valence-corrected chi connectivity index (χ4v) is 4.25. The van der Waals surface area contributed by atoms with E-state index in [2.05, 4.69) is 10.1 Å². The maximum atomic E-state index is 13.2. The average molecular weight is 421 g/mol. The minimum absolute atomic E-state index is 0.0811. The van der Waals surface area contributed by atoms with Crippen molar-refractivity contribution in [2.45, 2.75) is 19.9 Å². The van der Waals surface area contributed by atoms with Crippen molar-refractivity contribution in [2.75, 3.05) is 13.7 Å². The molecule has 2 aromatic carbocycles. The van der Waals surface area contributed by atoms with Gasteiger partial charge < -0.3 is 14.6 Å². The Morgan fingerprint density at radius 2 is 2.07 bits per heavy atom. The number of fused-ring (bicyclic) bond motifs is 3. The van der Waals surface area contributed by atoms with Crippen molar-refractivity contribution >= 4 is 28.4 Å². The summed E-state index contributed by atoms with van der Waals surface area (Å²) in [5, 5.41) is 6.31. The zero-order chi connectivity index (χ0) is 20.8. The molecular formula is C23H21ClN4O2. The molecule has 0 bridgehead atoms. The van der Waals surface area contributed by atoms with Gasteiger partial charge in [-0.25, -0.2) is 4.68 Å². The number of aromatic amines is 1. The molecule has 7 heteroatoms. The van der Waals surface area contributed by atoms with E-state index in [0.717, 1.165) is 34.1 Å². The molecule has 5 rings (SSSR count). The number of methoxy groups -OCH3 is 1. The molecule has 152 valence electrons. The minimum atomic E-state index is -0.0811. The first-order valence-electron chi connectivity index (χ1n) is 9.82. The van der Waals surface area contributed by atoms with Gasteiger partial charge in [-0.1, -0.05) is 17.7 Å². The number of carbonyl (C=O) groups excluding carboxylic acids is 1. The molecule has 0 spiro atoms. The second-order valence-electron chi connectivity index (χ2n) is 7.57. The lowest BCUT2D eigenvalue weighted by atomic mass is 10.0. The van der Waals surface area contributed by atoms with E-state index in [4.69, 9.17) is 16.3 Å². The SMILES string of the molecule is COc1ccc(C)cc1-n1ccc(C(=O)N2CCc3[nH]c4ccc(Cl)cc4c3C2)n1. The Balaban J connectivity index is 1.44. The third-order valence-electron chi connectivity index (χ3n) is 5.61. The largest absolute Gasteiger partial charge is 0.494 e. The topological polar surface area (TPSA) is 63.1 Å². The third-order valence-corrected chi connectivity index (χ3v) is 5.85. The summed E-state index contributed by atoms with van der Waals surface area (Å²) in [6.07, 6.45) is 2.57. The standard InChI is InChI=1S/C23H21ClN4O2/c1-14-3-6-22(30-2)21(11-14)28-10-8-20(26-28)23(29)27-9-7-19-17(13-27)16-12-15(24)4-5-18(16)25-19/h3-6,8,10-12,25H,7,9,13H2,1-2H3. The molecule has 1 aliphatic rings. The maximum Gasteiger partial charge on any atom is 0.274 e. The second kappa shape index (κ2) is 7.22. The van der Waals surface area contributed by atoms with Crippen LogP contribution in [0.2, 0.25) is 5.02 Å². The number of aryl methyl sites for hydroxylation is 1. The maximum absolute atomic E-state index is 13.2. The van der Waals surface area contributed by atoms with Gasteiger partial charge in [0.15, 0.2) is 5.69 Å². The van der Waals surface area contributed by atoms with Crippen LogP contribution in [0.25, 0.3) is 16.6 Å². The average Bonchev–Trinajstić information content (AvgIpc) is 3.38. The Morgan fingerprint density at radius 1 is 1.20 bits per heavy atom. The van der Waals surface area contributed by atoms with Crippen molar-refractivity contribution in [3.63, 3.8) is 0 Å². The molecule has 0 radical (unpaired) electrons. The van der Waals surface area contributed by atoms with Gasteiger partial charge in [0.25, 0.3) is 5.91 Å². The van der Waals surface area contributed by atoms with Crippen LogP contribution < -0.4 is 4.74 Å². The van der Waals surface area contributed by atoms with Crippen LogP contribution in [0, 0.1) is 6.92 Å². The number of carbonyl (C=O) groups is 1. The van der Waals surface area contributed by atoms with Crippen molar-refractivity contribution in [3.05, 3.63) is 76.2 Å². The first kappa shape index (κ1) is 18.8. The molecule has 1 aliphatic heterocycles. The summed E-state index contributed by atoms with van der Waals surface area (Å²) in [6.45, 7) is 3.19. The van der Waals surface area contributed by atoms with Crippen LogP contribution in [0.1, 0.15) is 27.3 Å². The zero-order valence-electron chi connectivity index (χ0n) is 16.8. The normalized spacial score (nSPS) is 13.5. The molecule has 0 aliphatic carbocycles. The lowest BCUT2D eigenvalue weighted by Gasteiger charge is -2.26. The van der Waals surface area contributed by atoms with Crippen molar-refractivity contribution in [3.8, 4) is 11.4 Å². The van der Waals surface area contributed by atoms with Crippen LogP contribution in [0.4, 0.5) is 0 Å². The number of amides is 1. The lowest BCUT2D eigenvalue weighted by molar-refractivity contribution is 0.0728. The van der Waals surface area contributed by atoms with E-state index < -0.39 is 0 Å². The number of aromatic nitrogens is 3. The number of rotatable bonds is 3. The molecule has 3 heterocycles. The van der Waals surface area contributed by atoms with Gasteiger partial charge in [0.05, 0.1) is 7.11 Å². The van der Waals surface area contributed by atoms with Crippen molar-refractivity contribution < 1.29 is 9.53 Å². The predicted molar refractivity (Wildman–Crippen MR) is 117 cm³/mol. The highest BCUT2D eigenvalue weighted by Crippen LogP contribution is 2.30. The number of halogens is 1. The molecular weight excluding hydrogens is 400 g/mol. The summed E-state index contributed by atoms with van der Waals surface area (Å²) >= 11 is 6.19. The Bertz CT molecular complexity index is 1270. The summed E-state index contributed by atoms with van der Waals surface area (Å²) in [4.78, 5) is 18.5. The van der Waals surface area contributed by atoms with Crippen LogP contribution in [0.3, 0.4) is 0 Å². The molecule has 1 N–H and O–H groups in total. The molecule has 0 saturated carbocycles. The number of hydrogen-bond acceptors (Lipinski definition) is 3. The fraction of sp³-hybridized carbons (Fsp3) is 0.217. The smallest absolute Gasteiger partial charge is 0.274 e. The van der Waals surface area contributed by atoms with Gasteiger partial charge in [0, 0.05) is 52.9 Å². The van der Waals surface area contributed by atoms with Crippen LogP contribution in [-0.2, 0) is 13.0 Å².